The zero-order valence-corrected chi connectivity index (χ0v) is 27.2. The van der Waals surface area contributed by atoms with Gasteiger partial charge in [-0.05, 0) is 83.6 Å². The van der Waals surface area contributed by atoms with E-state index in [0.717, 1.165) is 99.0 Å². The fraction of sp³-hybridized carbons (Fsp3) is 0.256. The standard InChI is InChI=1S/C39H41NOS2/c1-5-6-15-29-21-23-33(38(42)27(29)4)32(22-20-26(2)3)30-16-12-17-31(24-30)39(43)37-36(34-18-10-11-19-35(34)41-37)40-25-28-13-8-7-9-14-28/h5-6,8,10,12-18,21-24,26,40,42H,1,7,9,11,19-20,25H2,2-4H3/b15-6-,32-22-. The smallest absolute Gasteiger partial charge is 0.169 e. The summed E-state index contributed by atoms with van der Waals surface area (Å²) in [6.45, 7) is 11.2. The quantitative estimate of drug-likeness (QED) is 0.0987. The highest BCUT2D eigenvalue weighted by atomic mass is 32.1. The number of hydrogen-bond acceptors (Lipinski definition) is 4. The number of fused-ring (bicyclic) bond motifs is 1. The lowest BCUT2D eigenvalue weighted by Gasteiger charge is -2.17. The zero-order chi connectivity index (χ0) is 30.3. The predicted molar refractivity (Wildman–Crippen MR) is 192 cm³/mol. The van der Waals surface area contributed by atoms with Gasteiger partial charge in [-0.3, -0.25) is 0 Å². The first-order valence-electron chi connectivity index (χ1n) is 15.3. The number of benzene rings is 2. The number of furan rings is 1. The van der Waals surface area contributed by atoms with Crippen molar-refractivity contribution in [1.29, 1.82) is 0 Å². The molecule has 0 saturated carbocycles. The SMILES string of the molecule is C=C/C=C\c1ccc(/C(=C\CC(C)C)c2cccc(C(=S)c3oc4c(c3NCC3=CCCC=C3)C=CCC4)c2)c(S)c1C. The molecular weight excluding hydrogens is 563 g/mol. The van der Waals surface area contributed by atoms with Crippen LogP contribution in [0.5, 0.6) is 0 Å². The third-order valence-corrected chi connectivity index (χ3v) is 8.99. The van der Waals surface area contributed by atoms with Gasteiger partial charge < -0.3 is 9.73 Å². The molecule has 1 aromatic heterocycles. The number of allylic oxidation sites excluding steroid dienone is 6. The predicted octanol–water partition coefficient (Wildman–Crippen LogP) is 11.0. The third-order valence-electron chi connectivity index (χ3n) is 8.00. The summed E-state index contributed by atoms with van der Waals surface area (Å²) in [5.41, 5.74) is 10.1. The molecule has 43 heavy (non-hydrogen) atoms. The number of anilines is 1. The summed E-state index contributed by atoms with van der Waals surface area (Å²) in [5.74, 6) is 2.29. The van der Waals surface area contributed by atoms with Crippen LogP contribution in [0.25, 0.3) is 17.7 Å². The summed E-state index contributed by atoms with van der Waals surface area (Å²) in [4.78, 5) is 1.70. The van der Waals surface area contributed by atoms with Crippen molar-refractivity contribution in [2.75, 3.05) is 11.9 Å². The first-order chi connectivity index (χ1) is 20.9. The van der Waals surface area contributed by atoms with Crippen LogP contribution in [-0.2, 0) is 6.42 Å². The van der Waals surface area contributed by atoms with Crippen LogP contribution in [0.2, 0.25) is 0 Å². The Labute approximate surface area is 268 Å². The fourth-order valence-corrected chi connectivity index (χ4v) is 6.17. The Morgan fingerprint density at radius 2 is 1.91 bits per heavy atom. The largest absolute Gasteiger partial charge is 0.457 e. The van der Waals surface area contributed by atoms with Crippen molar-refractivity contribution >= 4 is 53.1 Å². The van der Waals surface area contributed by atoms with Crippen LogP contribution in [0.4, 0.5) is 5.69 Å². The van der Waals surface area contributed by atoms with Gasteiger partial charge in [0.25, 0.3) is 0 Å². The van der Waals surface area contributed by atoms with Crippen molar-refractivity contribution < 1.29 is 4.42 Å². The van der Waals surface area contributed by atoms with Crippen LogP contribution >= 0.6 is 24.8 Å². The molecule has 0 spiro atoms. The van der Waals surface area contributed by atoms with Gasteiger partial charge in [-0.15, -0.1) is 12.6 Å². The molecule has 2 aromatic carbocycles. The van der Waals surface area contributed by atoms with E-state index in [1.807, 2.05) is 6.08 Å². The molecule has 1 heterocycles. The second kappa shape index (κ2) is 14.2. The van der Waals surface area contributed by atoms with Gasteiger partial charge in [-0.25, -0.2) is 0 Å². The average Bonchev–Trinajstić information content (AvgIpc) is 3.40. The molecule has 0 aliphatic heterocycles. The number of hydrogen-bond donors (Lipinski definition) is 2. The van der Waals surface area contributed by atoms with Crippen molar-refractivity contribution in [3.05, 3.63) is 136 Å². The van der Waals surface area contributed by atoms with Crippen molar-refractivity contribution in [2.24, 2.45) is 5.92 Å². The van der Waals surface area contributed by atoms with E-state index in [9.17, 15) is 0 Å². The highest BCUT2D eigenvalue weighted by Crippen LogP contribution is 2.37. The van der Waals surface area contributed by atoms with Gasteiger partial charge in [0.05, 0.1) is 10.6 Å². The molecule has 0 unspecified atom stereocenters. The van der Waals surface area contributed by atoms with E-state index in [1.54, 1.807) is 6.08 Å². The number of thiol groups is 1. The molecule has 1 N–H and O–H groups in total. The molecule has 5 rings (SSSR count). The summed E-state index contributed by atoms with van der Waals surface area (Å²) in [5, 5.41) is 3.69. The lowest BCUT2D eigenvalue weighted by atomic mass is 9.91. The van der Waals surface area contributed by atoms with Crippen LogP contribution in [-0.4, -0.2) is 11.4 Å². The van der Waals surface area contributed by atoms with Gasteiger partial charge >= 0.3 is 0 Å². The Morgan fingerprint density at radius 1 is 1.09 bits per heavy atom. The van der Waals surface area contributed by atoms with E-state index in [-0.39, 0.29) is 0 Å². The Bertz CT molecular complexity index is 1680. The normalized spacial score (nSPS) is 14.7. The molecule has 0 saturated heterocycles. The van der Waals surface area contributed by atoms with E-state index >= 15 is 0 Å². The summed E-state index contributed by atoms with van der Waals surface area (Å²) >= 11 is 11.2. The van der Waals surface area contributed by atoms with Gasteiger partial charge in [0.15, 0.2) is 5.76 Å². The van der Waals surface area contributed by atoms with Crippen molar-refractivity contribution in [2.45, 2.75) is 57.8 Å². The fourth-order valence-electron chi connectivity index (χ4n) is 5.57. The Balaban J connectivity index is 1.53. The Hall–Kier alpha value is -3.60. The molecule has 0 radical (unpaired) electrons. The minimum Gasteiger partial charge on any atom is -0.457 e. The third kappa shape index (κ3) is 7.14. The zero-order valence-electron chi connectivity index (χ0n) is 25.5. The first-order valence-corrected chi connectivity index (χ1v) is 16.1. The van der Waals surface area contributed by atoms with Gasteiger partial charge in [0.2, 0.25) is 0 Å². The maximum atomic E-state index is 6.50. The van der Waals surface area contributed by atoms with Crippen molar-refractivity contribution in [1.82, 2.24) is 0 Å². The molecule has 3 aromatic rings. The summed E-state index contributed by atoms with van der Waals surface area (Å²) in [6.07, 6.45) is 24.4. The second-order valence-electron chi connectivity index (χ2n) is 11.6. The highest BCUT2D eigenvalue weighted by molar-refractivity contribution is 7.81. The molecule has 0 fully saturated rings. The minimum atomic E-state index is 0.531. The monoisotopic (exact) mass is 603 g/mol. The van der Waals surface area contributed by atoms with Gasteiger partial charge in [-0.2, -0.15) is 0 Å². The van der Waals surface area contributed by atoms with Crippen LogP contribution in [0.1, 0.15) is 84.4 Å². The molecule has 0 atom stereocenters. The molecule has 4 heteroatoms. The van der Waals surface area contributed by atoms with Crippen LogP contribution in [0, 0.1) is 12.8 Å². The number of rotatable bonds is 11. The van der Waals surface area contributed by atoms with E-state index in [2.05, 4.69) is 112 Å². The number of nitrogens with one attached hydrogen (secondary N) is 1. The average molecular weight is 604 g/mol. The second-order valence-corrected chi connectivity index (χ2v) is 12.5. The Morgan fingerprint density at radius 3 is 2.67 bits per heavy atom. The number of aryl methyl sites for hydroxylation is 1. The van der Waals surface area contributed by atoms with Gasteiger partial charge in [0.1, 0.15) is 5.76 Å². The maximum absolute atomic E-state index is 6.50. The van der Waals surface area contributed by atoms with E-state index in [0.29, 0.717) is 5.92 Å². The summed E-state index contributed by atoms with van der Waals surface area (Å²) in [6, 6.07) is 12.9. The molecule has 2 aliphatic carbocycles. The highest BCUT2D eigenvalue weighted by Gasteiger charge is 2.24. The summed E-state index contributed by atoms with van der Waals surface area (Å²) < 4.78 is 6.50. The maximum Gasteiger partial charge on any atom is 0.169 e. The molecule has 2 nitrogen and oxygen atoms in total. The van der Waals surface area contributed by atoms with Gasteiger partial charge in [0, 0.05) is 23.4 Å². The molecule has 0 amide bonds. The van der Waals surface area contributed by atoms with Crippen molar-refractivity contribution in [3.8, 4) is 0 Å². The van der Waals surface area contributed by atoms with Crippen molar-refractivity contribution in [3.63, 3.8) is 0 Å². The first kappa shape index (κ1) is 30.8. The lowest BCUT2D eigenvalue weighted by Crippen LogP contribution is -2.09. The molecule has 220 valence electrons. The van der Waals surface area contributed by atoms with Crippen LogP contribution in [0.3, 0.4) is 0 Å². The molecule has 2 aliphatic rings. The minimum absolute atomic E-state index is 0.531. The van der Waals surface area contributed by atoms with E-state index < -0.39 is 0 Å². The van der Waals surface area contributed by atoms with Crippen LogP contribution in [0.15, 0.2) is 100 Å². The van der Waals surface area contributed by atoms with E-state index in [1.165, 1.54) is 11.1 Å². The molecular formula is C39H41NOS2. The topological polar surface area (TPSA) is 25.2 Å². The molecule has 0 bridgehead atoms. The summed E-state index contributed by atoms with van der Waals surface area (Å²) in [7, 11) is 0. The van der Waals surface area contributed by atoms with Crippen LogP contribution < -0.4 is 5.32 Å². The number of thiocarbonyl (C=S) groups is 1. The van der Waals surface area contributed by atoms with E-state index in [4.69, 9.17) is 29.3 Å². The Kier molecular flexibility index (Phi) is 10.2. The van der Waals surface area contributed by atoms with Gasteiger partial charge in [-0.1, -0.05) is 118 Å². The lowest BCUT2D eigenvalue weighted by molar-refractivity contribution is 0.502.